The van der Waals surface area contributed by atoms with Crippen molar-refractivity contribution >= 4 is 11.8 Å². The van der Waals surface area contributed by atoms with Crippen molar-refractivity contribution in [2.24, 2.45) is 11.8 Å². The van der Waals surface area contributed by atoms with Gasteiger partial charge in [0, 0.05) is 48.6 Å². The molecule has 2 aromatic heterocycles. The van der Waals surface area contributed by atoms with Crippen LogP contribution in [0.1, 0.15) is 120 Å². The quantitative estimate of drug-likeness (QED) is 0.137. The number of carbonyl (C=O) groups excluding carboxylic acids is 2. The first-order valence-electron chi connectivity index (χ1n) is 20.0. The smallest absolute Gasteiger partial charge is 0.248 e. The molecule has 0 aliphatic heterocycles. The number of hydrogen-bond donors (Lipinski definition) is 4. The first kappa shape index (κ1) is 36.6. The Kier molecular flexibility index (Phi) is 10.2. The van der Waals surface area contributed by atoms with Crippen molar-refractivity contribution in [3.63, 3.8) is 0 Å². The Morgan fingerprint density at radius 1 is 0.593 bits per heavy atom. The molecule has 11 heteroatoms. The van der Waals surface area contributed by atoms with Crippen LogP contribution in [-0.4, -0.2) is 55.4 Å². The van der Waals surface area contributed by atoms with Crippen molar-refractivity contribution < 1.29 is 22.8 Å². The van der Waals surface area contributed by atoms with E-state index in [4.69, 9.17) is 9.97 Å². The molecule has 54 heavy (non-hydrogen) atoms. The molecule has 2 amide bonds. The normalized spacial score (nSPS) is 28.6. The maximum absolute atomic E-state index is 14.3. The van der Waals surface area contributed by atoms with Crippen LogP contribution in [0.25, 0.3) is 33.6 Å². The van der Waals surface area contributed by atoms with Crippen molar-refractivity contribution in [1.82, 2.24) is 30.6 Å². The number of imidazole rings is 2. The van der Waals surface area contributed by atoms with Crippen LogP contribution < -0.4 is 10.6 Å². The lowest BCUT2D eigenvalue weighted by atomic mass is 9.80. The average molecular weight is 741 g/mol. The number of nitrogens with zero attached hydrogens (tertiary/aromatic N) is 2. The number of H-pyrrole nitrogens is 2. The summed E-state index contributed by atoms with van der Waals surface area (Å²) >= 11 is 0. The number of hydrogen-bond acceptors (Lipinski definition) is 4. The Labute approximate surface area is 314 Å². The first-order valence-corrected chi connectivity index (χ1v) is 20.0. The zero-order valence-corrected chi connectivity index (χ0v) is 31.0. The van der Waals surface area contributed by atoms with E-state index in [-0.39, 0.29) is 73.3 Å². The third kappa shape index (κ3) is 8.01. The molecule has 0 bridgehead atoms. The molecule has 0 unspecified atom stereocenters. The molecule has 4 atom stereocenters. The number of benzene rings is 2. The Morgan fingerprint density at radius 2 is 0.981 bits per heavy atom. The summed E-state index contributed by atoms with van der Waals surface area (Å²) in [7, 11) is 0. The van der Waals surface area contributed by atoms with Gasteiger partial charge in [0.25, 0.3) is 0 Å². The predicted octanol–water partition coefficient (Wildman–Crippen LogP) is 9.38. The van der Waals surface area contributed by atoms with Gasteiger partial charge in [-0.25, -0.2) is 23.1 Å². The summed E-state index contributed by atoms with van der Waals surface area (Å²) < 4.78 is 41.5. The maximum Gasteiger partial charge on any atom is 0.248 e. The highest BCUT2D eigenvalue weighted by Crippen LogP contribution is 2.40. The summed E-state index contributed by atoms with van der Waals surface area (Å²) in [5.74, 6) is -1.18. The molecule has 8 nitrogen and oxygen atoms in total. The summed E-state index contributed by atoms with van der Waals surface area (Å²) in [5, 5.41) is 6.46. The summed E-state index contributed by atoms with van der Waals surface area (Å²) in [6.45, 7) is 1.64. The second-order valence-electron chi connectivity index (χ2n) is 16.6. The number of aromatic nitrogens is 4. The number of aromatic amines is 2. The second kappa shape index (κ2) is 15.0. The molecule has 4 N–H and O–H groups in total. The van der Waals surface area contributed by atoms with Gasteiger partial charge in [0.15, 0.2) is 0 Å². The number of halogens is 3. The second-order valence-corrected chi connectivity index (χ2v) is 16.6. The Morgan fingerprint density at radius 3 is 1.41 bits per heavy atom. The fourth-order valence-corrected chi connectivity index (χ4v) is 9.33. The van der Waals surface area contributed by atoms with E-state index < -0.39 is 11.6 Å². The highest BCUT2D eigenvalue weighted by atomic mass is 19.3. The summed E-state index contributed by atoms with van der Waals surface area (Å²) in [6, 6.07) is 16.8. The molecular weight excluding hydrogens is 690 g/mol. The van der Waals surface area contributed by atoms with Gasteiger partial charge in [-0.2, -0.15) is 0 Å². The third-order valence-corrected chi connectivity index (χ3v) is 12.8. The van der Waals surface area contributed by atoms with Gasteiger partial charge in [0.2, 0.25) is 17.7 Å². The van der Waals surface area contributed by atoms with Crippen LogP contribution in [-0.2, 0) is 9.59 Å². The van der Waals surface area contributed by atoms with E-state index in [1.54, 1.807) is 6.92 Å². The van der Waals surface area contributed by atoms with Crippen LogP contribution in [0.15, 0.2) is 60.9 Å². The van der Waals surface area contributed by atoms with Crippen LogP contribution in [0.3, 0.4) is 0 Å². The molecule has 2 heterocycles. The fraction of sp³-hybridized carbons (Fsp3) is 0.535. The minimum atomic E-state index is -2.64. The van der Waals surface area contributed by atoms with Crippen LogP contribution in [0.2, 0.25) is 0 Å². The first-order chi connectivity index (χ1) is 26.0. The maximum atomic E-state index is 14.3. The average Bonchev–Trinajstić information content (AvgIpc) is 4.00. The molecule has 0 saturated heterocycles. The van der Waals surface area contributed by atoms with Crippen molar-refractivity contribution in [1.29, 1.82) is 0 Å². The molecular formula is C43H51F3N6O2. The van der Waals surface area contributed by atoms with Gasteiger partial charge in [-0.15, -0.1) is 0 Å². The number of amides is 2. The standard InChI is InChI=1S/C43H51F3N6O2/c1-42(44)20-16-30(17-21-42)40(53)51-34-6-2-4-32(34)38-47-24-36(49-38)28-12-8-26(9-13-28)27-10-14-29(15-11-27)37-25-48-39(50-37)33-5-3-7-35(33)52-41(54)31-18-22-43(45,46)23-19-31/h8-15,24-25,30-35H,2-7,16-23H2,1H3,(H,47,49)(H,48,50)(H,51,53)(H,52,54)/t30?,32-,33-,34+,35+,42?/m1/s1. The molecule has 0 radical (unpaired) electrons. The van der Waals surface area contributed by atoms with E-state index in [9.17, 15) is 22.8 Å². The molecule has 286 valence electrons. The monoisotopic (exact) mass is 740 g/mol. The minimum absolute atomic E-state index is 0.0366. The lowest BCUT2D eigenvalue weighted by Gasteiger charge is -2.31. The SMILES string of the molecule is CC1(F)CCC(C(=O)N[C@H]2CCC[C@H]2c2ncc(-c3ccc(-c4ccc(-c5cnc([C@@H]6CCC[C@@H]6NC(=O)C6CCC(F)(F)CC6)[nH]5)cc4)cc3)[nH]2)CC1. The lowest BCUT2D eigenvalue weighted by Crippen LogP contribution is -2.42. The predicted molar refractivity (Wildman–Crippen MR) is 202 cm³/mol. The molecule has 4 aliphatic carbocycles. The van der Waals surface area contributed by atoms with E-state index in [0.717, 1.165) is 83.8 Å². The number of alkyl halides is 3. The fourth-order valence-electron chi connectivity index (χ4n) is 9.33. The van der Waals surface area contributed by atoms with Gasteiger partial charge in [-0.05, 0) is 93.4 Å². The van der Waals surface area contributed by atoms with Gasteiger partial charge in [0.05, 0.1) is 23.8 Å². The zero-order chi connectivity index (χ0) is 37.5. The molecule has 2 aromatic carbocycles. The van der Waals surface area contributed by atoms with E-state index in [1.807, 2.05) is 12.4 Å². The largest absolute Gasteiger partial charge is 0.352 e. The van der Waals surface area contributed by atoms with E-state index >= 15 is 0 Å². The minimum Gasteiger partial charge on any atom is -0.352 e. The van der Waals surface area contributed by atoms with Crippen molar-refractivity contribution in [3.05, 3.63) is 72.6 Å². The van der Waals surface area contributed by atoms with Gasteiger partial charge in [-0.1, -0.05) is 61.4 Å². The summed E-state index contributed by atoms with van der Waals surface area (Å²) in [6.07, 6.45) is 11.5. The van der Waals surface area contributed by atoms with E-state index in [2.05, 4.69) is 69.1 Å². The Balaban J connectivity index is 0.867. The molecule has 4 saturated carbocycles. The molecule has 4 aromatic rings. The number of nitrogens with one attached hydrogen (secondary N) is 4. The van der Waals surface area contributed by atoms with E-state index in [1.165, 1.54) is 0 Å². The van der Waals surface area contributed by atoms with Gasteiger partial charge in [-0.3, -0.25) is 9.59 Å². The summed E-state index contributed by atoms with van der Waals surface area (Å²) in [4.78, 5) is 42.5. The molecule has 8 rings (SSSR count). The topological polar surface area (TPSA) is 116 Å². The van der Waals surface area contributed by atoms with Crippen LogP contribution in [0.5, 0.6) is 0 Å². The van der Waals surface area contributed by atoms with Crippen molar-refractivity contribution in [3.8, 4) is 33.6 Å². The van der Waals surface area contributed by atoms with Gasteiger partial charge >= 0.3 is 0 Å². The Hall–Kier alpha value is -4.41. The third-order valence-electron chi connectivity index (χ3n) is 12.8. The van der Waals surface area contributed by atoms with E-state index in [0.29, 0.717) is 25.7 Å². The van der Waals surface area contributed by atoms with Crippen LogP contribution >= 0.6 is 0 Å². The Bertz CT molecular complexity index is 1780. The highest BCUT2D eigenvalue weighted by Gasteiger charge is 2.40. The van der Waals surface area contributed by atoms with Crippen molar-refractivity contribution in [2.75, 3.05) is 0 Å². The molecule has 4 fully saturated rings. The summed E-state index contributed by atoms with van der Waals surface area (Å²) in [5.41, 5.74) is 4.94. The zero-order valence-electron chi connectivity index (χ0n) is 31.0. The lowest BCUT2D eigenvalue weighted by molar-refractivity contribution is -0.130. The number of rotatable bonds is 9. The van der Waals surface area contributed by atoms with Crippen LogP contribution in [0, 0.1) is 11.8 Å². The van der Waals surface area contributed by atoms with Gasteiger partial charge < -0.3 is 20.6 Å². The molecule has 0 spiro atoms. The van der Waals surface area contributed by atoms with Gasteiger partial charge in [0.1, 0.15) is 17.3 Å². The highest BCUT2D eigenvalue weighted by molar-refractivity contribution is 5.80. The van der Waals surface area contributed by atoms with Crippen LogP contribution in [0.4, 0.5) is 13.2 Å². The molecule has 4 aliphatic rings. The van der Waals surface area contributed by atoms with Crippen molar-refractivity contribution in [2.45, 2.75) is 132 Å². The number of carbonyl (C=O) groups is 2.